The molecule has 0 aliphatic heterocycles. The minimum Gasteiger partial charge on any atom is -0.496 e. The topological polar surface area (TPSA) is 39.7 Å². The van der Waals surface area contributed by atoms with Gasteiger partial charge in [-0.2, -0.15) is 0 Å². The van der Waals surface area contributed by atoms with Gasteiger partial charge in [-0.25, -0.2) is 0 Å². The lowest BCUT2D eigenvalue weighted by Crippen LogP contribution is -2.16. The van der Waals surface area contributed by atoms with E-state index in [9.17, 15) is 0 Å². The van der Waals surface area contributed by atoms with E-state index in [1.807, 2.05) is 12.1 Å². The Morgan fingerprint density at radius 1 is 0.950 bits per heavy atom. The minimum atomic E-state index is 0.688. The Balaban J connectivity index is 2.63. The molecule has 0 spiro atoms. The first-order chi connectivity index (χ1) is 9.62. The van der Waals surface area contributed by atoms with E-state index < -0.39 is 0 Å². The van der Waals surface area contributed by atoms with Crippen molar-refractivity contribution >= 4 is 0 Å². The number of nitrogens with one attached hydrogen (secondary N) is 1. The monoisotopic (exact) mass is 281 g/mol. The molecule has 0 heterocycles. The van der Waals surface area contributed by atoms with Crippen molar-refractivity contribution in [3.8, 4) is 17.2 Å². The zero-order valence-electron chi connectivity index (χ0n) is 13.3. The Morgan fingerprint density at radius 2 is 1.55 bits per heavy atom. The van der Waals surface area contributed by atoms with Crippen LogP contribution in [0.25, 0.3) is 0 Å². The lowest BCUT2D eigenvalue weighted by molar-refractivity contribution is 0.347. The smallest absolute Gasteiger partial charge is 0.164 e. The fourth-order valence-corrected chi connectivity index (χ4v) is 2.09. The van der Waals surface area contributed by atoms with Crippen molar-refractivity contribution < 1.29 is 14.2 Å². The second-order valence-electron chi connectivity index (χ2n) is 5.23. The van der Waals surface area contributed by atoms with Crippen LogP contribution in [-0.4, -0.2) is 27.9 Å². The Morgan fingerprint density at radius 3 is 2.10 bits per heavy atom. The number of ether oxygens (including phenoxy) is 3. The van der Waals surface area contributed by atoms with Crippen molar-refractivity contribution in [1.29, 1.82) is 0 Å². The molecular formula is C16H27NO3. The number of benzene rings is 1. The molecule has 0 amide bonds. The molecule has 0 fully saturated rings. The lowest BCUT2D eigenvalue weighted by atomic mass is 10.1. The maximum atomic E-state index is 5.41. The third-order valence-electron chi connectivity index (χ3n) is 3.24. The summed E-state index contributed by atoms with van der Waals surface area (Å²) in [6, 6.07) is 3.83. The summed E-state index contributed by atoms with van der Waals surface area (Å²) in [7, 11) is 4.94. The number of methoxy groups -OCH3 is 3. The maximum Gasteiger partial charge on any atom is 0.164 e. The van der Waals surface area contributed by atoms with E-state index in [1.54, 1.807) is 21.3 Å². The van der Waals surface area contributed by atoms with E-state index in [1.165, 1.54) is 12.8 Å². The number of hydrogen-bond acceptors (Lipinski definition) is 4. The van der Waals surface area contributed by atoms with Crippen molar-refractivity contribution in [3.05, 3.63) is 17.7 Å². The van der Waals surface area contributed by atoms with Crippen LogP contribution in [-0.2, 0) is 6.54 Å². The molecule has 114 valence electrons. The molecular weight excluding hydrogens is 254 g/mol. The van der Waals surface area contributed by atoms with Crippen molar-refractivity contribution in [3.63, 3.8) is 0 Å². The molecule has 0 bridgehead atoms. The molecule has 1 N–H and O–H groups in total. The predicted molar refractivity (Wildman–Crippen MR) is 81.9 cm³/mol. The third-order valence-corrected chi connectivity index (χ3v) is 3.24. The second-order valence-corrected chi connectivity index (χ2v) is 5.23. The van der Waals surface area contributed by atoms with E-state index >= 15 is 0 Å². The highest BCUT2D eigenvalue weighted by Crippen LogP contribution is 2.34. The molecule has 0 aliphatic rings. The van der Waals surface area contributed by atoms with Crippen LogP contribution in [0.5, 0.6) is 17.2 Å². The van der Waals surface area contributed by atoms with Crippen LogP contribution in [0.4, 0.5) is 0 Å². The van der Waals surface area contributed by atoms with Gasteiger partial charge < -0.3 is 19.5 Å². The largest absolute Gasteiger partial charge is 0.496 e. The second kappa shape index (κ2) is 8.69. The normalized spacial score (nSPS) is 10.7. The fraction of sp³-hybridized carbons (Fsp3) is 0.625. The number of hydrogen-bond donors (Lipinski definition) is 1. The van der Waals surface area contributed by atoms with Gasteiger partial charge >= 0.3 is 0 Å². The first-order valence-electron chi connectivity index (χ1n) is 7.12. The van der Waals surface area contributed by atoms with Crippen LogP contribution in [0.3, 0.4) is 0 Å². The van der Waals surface area contributed by atoms with Crippen LogP contribution in [0.1, 0.15) is 32.3 Å². The predicted octanol–water partition coefficient (Wildman–Crippen LogP) is 3.24. The van der Waals surface area contributed by atoms with Crippen LogP contribution < -0.4 is 19.5 Å². The Bertz CT molecular complexity index is 405. The van der Waals surface area contributed by atoms with Crippen LogP contribution in [0.15, 0.2) is 12.1 Å². The molecule has 1 aromatic rings. The van der Waals surface area contributed by atoms with Crippen molar-refractivity contribution in [2.75, 3.05) is 27.9 Å². The Kier molecular flexibility index (Phi) is 7.23. The third kappa shape index (κ3) is 4.93. The molecule has 0 atom stereocenters. The summed E-state index contributed by atoms with van der Waals surface area (Å²) in [4.78, 5) is 0. The standard InChI is InChI=1S/C16H27NO3/c1-12(2)7-6-8-17-11-13-9-15(19-4)16(20-5)10-14(13)18-3/h9-10,12,17H,6-8,11H2,1-5H3. The summed E-state index contributed by atoms with van der Waals surface area (Å²) < 4.78 is 16.0. The van der Waals surface area contributed by atoms with Crippen molar-refractivity contribution in [2.45, 2.75) is 33.2 Å². The van der Waals surface area contributed by atoms with E-state index in [4.69, 9.17) is 14.2 Å². The van der Waals surface area contributed by atoms with Gasteiger partial charge in [0.2, 0.25) is 0 Å². The van der Waals surface area contributed by atoms with Gasteiger partial charge in [-0.05, 0) is 31.4 Å². The van der Waals surface area contributed by atoms with E-state index in [0.717, 1.165) is 36.1 Å². The highest BCUT2D eigenvalue weighted by atomic mass is 16.5. The quantitative estimate of drug-likeness (QED) is 0.705. The summed E-state index contributed by atoms with van der Waals surface area (Å²) in [6.45, 7) is 6.27. The maximum absolute atomic E-state index is 5.41. The minimum absolute atomic E-state index is 0.688. The van der Waals surface area contributed by atoms with Gasteiger partial charge in [0.05, 0.1) is 21.3 Å². The highest BCUT2D eigenvalue weighted by molar-refractivity contribution is 5.50. The molecule has 0 aliphatic carbocycles. The van der Waals surface area contributed by atoms with Gasteiger partial charge in [0.1, 0.15) is 5.75 Å². The molecule has 4 heteroatoms. The molecule has 4 nitrogen and oxygen atoms in total. The summed E-state index contributed by atoms with van der Waals surface area (Å²) in [5.41, 5.74) is 1.08. The van der Waals surface area contributed by atoms with Gasteiger partial charge in [0.15, 0.2) is 11.5 Å². The number of rotatable bonds is 9. The molecule has 0 saturated carbocycles. The van der Waals surface area contributed by atoms with Gasteiger partial charge in [0, 0.05) is 18.2 Å². The van der Waals surface area contributed by atoms with E-state index in [2.05, 4.69) is 19.2 Å². The summed E-state index contributed by atoms with van der Waals surface area (Å²) in [5.74, 6) is 2.99. The van der Waals surface area contributed by atoms with Crippen molar-refractivity contribution in [1.82, 2.24) is 5.32 Å². The van der Waals surface area contributed by atoms with Gasteiger partial charge in [0.25, 0.3) is 0 Å². The zero-order chi connectivity index (χ0) is 15.0. The Labute approximate surface area is 122 Å². The highest BCUT2D eigenvalue weighted by Gasteiger charge is 2.11. The van der Waals surface area contributed by atoms with Crippen LogP contribution in [0, 0.1) is 5.92 Å². The SMILES string of the molecule is COc1cc(OC)c(OC)cc1CNCCCC(C)C. The summed E-state index contributed by atoms with van der Waals surface area (Å²) >= 11 is 0. The zero-order valence-corrected chi connectivity index (χ0v) is 13.3. The summed E-state index contributed by atoms with van der Waals surface area (Å²) in [6.07, 6.45) is 2.43. The Hall–Kier alpha value is -1.42. The average Bonchev–Trinajstić information content (AvgIpc) is 2.45. The molecule has 20 heavy (non-hydrogen) atoms. The van der Waals surface area contributed by atoms with E-state index in [0.29, 0.717) is 5.75 Å². The summed E-state index contributed by atoms with van der Waals surface area (Å²) in [5, 5.41) is 3.44. The molecule has 1 rings (SSSR count). The molecule has 1 aromatic carbocycles. The molecule has 0 radical (unpaired) electrons. The fourth-order valence-electron chi connectivity index (χ4n) is 2.09. The van der Waals surface area contributed by atoms with Gasteiger partial charge in [-0.15, -0.1) is 0 Å². The van der Waals surface area contributed by atoms with Gasteiger partial charge in [-0.1, -0.05) is 13.8 Å². The first-order valence-corrected chi connectivity index (χ1v) is 7.12. The molecule has 0 aromatic heterocycles. The molecule has 0 saturated heterocycles. The molecule has 0 unspecified atom stereocenters. The van der Waals surface area contributed by atoms with E-state index in [-0.39, 0.29) is 0 Å². The lowest BCUT2D eigenvalue weighted by Gasteiger charge is -2.14. The average molecular weight is 281 g/mol. The van der Waals surface area contributed by atoms with Crippen LogP contribution >= 0.6 is 0 Å². The van der Waals surface area contributed by atoms with Crippen LogP contribution in [0.2, 0.25) is 0 Å². The van der Waals surface area contributed by atoms with Crippen molar-refractivity contribution in [2.24, 2.45) is 5.92 Å². The van der Waals surface area contributed by atoms with Gasteiger partial charge in [-0.3, -0.25) is 0 Å². The first kappa shape index (κ1) is 16.6.